The molecular weight excluding hydrogens is 296 g/mol. The molecule has 0 aliphatic carbocycles. The number of nitrogens with zero attached hydrogens (tertiary/aromatic N) is 2. The van der Waals surface area contributed by atoms with Gasteiger partial charge in [0.25, 0.3) is 5.91 Å². The molecule has 0 aliphatic rings. The van der Waals surface area contributed by atoms with E-state index >= 15 is 0 Å². The van der Waals surface area contributed by atoms with E-state index in [4.69, 9.17) is 15.2 Å². The van der Waals surface area contributed by atoms with E-state index in [1.165, 1.54) is 0 Å². The summed E-state index contributed by atoms with van der Waals surface area (Å²) in [6.45, 7) is 1.87. The molecule has 7 nitrogen and oxygen atoms in total. The van der Waals surface area contributed by atoms with Crippen molar-refractivity contribution in [2.75, 3.05) is 14.2 Å². The Bertz CT molecular complexity index is 902. The smallest absolute Gasteiger partial charge is 0.267 e. The van der Waals surface area contributed by atoms with Gasteiger partial charge in [-0.05, 0) is 25.1 Å². The third-order valence-corrected chi connectivity index (χ3v) is 3.66. The SMILES string of the molecule is COc1ccc(-c2cc(C(N)=O)nc3[nH]nc(C)c23)c(OC)c1. The highest BCUT2D eigenvalue weighted by Crippen LogP contribution is 2.37. The van der Waals surface area contributed by atoms with Crippen molar-refractivity contribution in [1.82, 2.24) is 15.2 Å². The number of pyridine rings is 1. The van der Waals surface area contributed by atoms with E-state index < -0.39 is 5.91 Å². The minimum Gasteiger partial charge on any atom is -0.497 e. The number of fused-ring (bicyclic) bond motifs is 1. The molecule has 0 saturated carbocycles. The minimum atomic E-state index is -0.604. The lowest BCUT2D eigenvalue weighted by Gasteiger charge is -2.12. The number of nitrogens with one attached hydrogen (secondary N) is 1. The molecule has 3 rings (SSSR count). The number of benzene rings is 1. The third kappa shape index (κ3) is 2.46. The number of carbonyl (C=O) groups is 1. The molecule has 7 heteroatoms. The quantitative estimate of drug-likeness (QED) is 0.767. The fourth-order valence-corrected chi connectivity index (χ4v) is 2.54. The van der Waals surface area contributed by atoms with Crippen molar-refractivity contribution in [3.8, 4) is 22.6 Å². The summed E-state index contributed by atoms with van der Waals surface area (Å²) in [5, 5.41) is 7.80. The van der Waals surface area contributed by atoms with Crippen LogP contribution in [0.25, 0.3) is 22.2 Å². The number of aromatic amines is 1. The van der Waals surface area contributed by atoms with Crippen LogP contribution in [0.15, 0.2) is 24.3 Å². The van der Waals surface area contributed by atoms with Crippen LogP contribution < -0.4 is 15.2 Å². The van der Waals surface area contributed by atoms with Crippen LogP contribution in [-0.4, -0.2) is 35.3 Å². The van der Waals surface area contributed by atoms with Crippen LogP contribution in [0, 0.1) is 6.92 Å². The van der Waals surface area contributed by atoms with E-state index in [9.17, 15) is 4.79 Å². The van der Waals surface area contributed by atoms with Gasteiger partial charge in [-0.15, -0.1) is 0 Å². The predicted molar refractivity (Wildman–Crippen MR) is 85.7 cm³/mol. The number of hydrogen-bond acceptors (Lipinski definition) is 5. The number of carbonyl (C=O) groups excluding carboxylic acids is 1. The number of ether oxygens (including phenoxy) is 2. The molecule has 23 heavy (non-hydrogen) atoms. The number of methoxy groups -OCH3 is 2. The van der Waals surface area contributed by atoms with Gasteiger partial charge in [0, 0.05) is 22.6 Å². The van der Waals surface area contributed by atoms with Crippen LogP contribution in [0.3, 0.4) is 0 Å². The summed E-state index contributed by atoms with van der Waals surface area (Å²) in [5.74, 6) is 0.690. The number of rotatable bonds is 4. The highest BCUT2D eigenvalue weighted by atomic mass is 16.5. The summed E-state index contributed by atoms with van der Waals surface area (Å²) in [6, 6.07) is 7.12. The highest BCUT2D eigenvalue weighted by molar-refractivity contribution is 6.01. The van der Waals surface area contributed by atoms with Crippen LogP contribution in [-0.2, 0) is 0 Å². The first-order chi connectivity index (χ1) is 11.0. The summed E-state index contributed by atoms with van der Waals surface area (Å²) in [5.41, 5.74) is 8.40. The highest BCUT2D eigenvalue weighted by Gasteiger charge is 2.18. The van der Waals surface area contributed by atoms with Crippen molar-refractivity contribution in [1.29, 1.82) is 0 Å². The predicted octanol–water partition coefficient (Wildman–Crippen LogP) is 2.05. The second kappa shape index (κ2) is 5.60. The number of hydrogen-bond donors (Lipinski definition) is 2. The van der Waals surface area contributed by atoms with E-state index in [-0.39, 0.29) is 5.69 Å². The summed E-state index contributed by atoms with van der Waals surface area (Å²) in [6.07, 6.45) is 0. The molecular formula is C16H16N4O3. The van der Waals surface area contributed by atoms with Crippen molar-refractivity contribution in [2.24, 2.45) is 5.73 Å². The van der Waals surface area contributed by atoms with Crippen LogP contribution >= 0.6 is 0 Å². The van der Waals surface area contributed by atoms with E-state index in [1.807, 2.05) is 19.1 Å². The average molecular weight is 312 g/mol. The number of H-pyrrole nitrogens is 1. The van der Waals surface area contributed by atoms with Gasteiger partial charge in [-0.1, -0.05) is 0 Å². The molecule has 0 radical (unpaired) electrons. The maximum atomic E-state index is 11.6. The Labute approximate surface area is 132 Å². The van der Waals surface area contributed by atoms with Gasteiger partial charge in [-0.25, -0.2) is 4.98 Å². The van der Waals surface area contributed by atoms with E-state index in [0.717, 1.165) is 22.2 Å². The van der Waals surface area contributed by atoms with Crippen molar-refractivity contribution >= 4 is 16.9 Å². The zero-order valence-corrected chi connectivity index (χ0v) is 13.0. The lowest BCUT2D eigenvalue weighted by atomic mass is 10.00. The molecule has 1 amide bonds. The van der Waals surface area contributed by atoms with Crippen molar-refractivity contribution in [3.05, 3.63) is 35.7 Å². The summed E-state index contributed by atoms with van der Waals surface area (Å²) >= 11 is 0. The molecule has 3 N–H and O–H groups in total. The molecule has 2 heterocycles. The van der Waals surface area contributed by atoms with Gasteiger partial charge in [-0.3, -0.25) is 9.89 Å². The van der Waals surface area contributed by atoms with Gasteiger partial charge >= 0.3 is 0 Å². The van der Waals surface area contributed by atoms with E-state index in [0.29, 0.717) is 17.1 Å². The molecule has 0 aliphatic heterocycles. The number of primary amides is 1. The van der Waals surface area contributed by atoms with Gasteiger partial charge in [0.05, 0.1) is 19.9 Å². The molecule has 0 spiro atoms. The third-order valence-electron chi connectivity index (χ3n) is 3.66. The molecule has 0 atom stereocenters. The number of aryl methyl sites for hydroxylation is 1. The Morgan fingerprint density at radius 2 is 1.96 bits per heavy atom. The van der Waals surface area contributed by atoms with Crippen molar-refractivity contribution in [3.63, 3.8) is 0 Å². The fourth-order valence-electron chi connectivity index (χ4n) is 2.54. The average Bonchev–Trinajstić information content (AvgIpc) is 2.94. The molecule has 0 unspecified atom stereocenters. The second-order valence-electron chi connectivity index (χ2n) is 5.02. The van der Waals surface area contributed by atoms with Crippen LogP contribution in [0.5, 0.6) is 11.5 Å². The lowest BCUT2D eigenvalue weighted by Crippen LogP contribution is -2.13. The first-order valence-corrected chi connectivity index (χ1v) is 6.93. The Morgan fingerprint density at radius 3 is 2.61 bits per heavy atom. The fraction of sp³-hybridized carbons (Fsp3) is 0.188. The van der Waals surface area contributed by atoms with E-state index in [1.54, 1.807) is 26.4 Å². The van der Waals surface area contributed by atoms with Crippen molar-refractivity contribution in [2.45, 2.75) is 6.92 Å². The largest absolute Gasteiger partial charge is 0.497 e. The Hall–Kier alpha value is -3.09. The van der Waals surface area contributed by atoms with Gasteiger partial charge in [0.2, 0.25) is 0 Å². The van der Waals surface area contributed by atoms with Gasteiger partial charge < -0.3 is 15.2 Å². The number of amides is 1. The Balaban J connectivity index is 2.34. The Kier molecular flexibility index (Phi) is 3.61. The normalized spacial score (nSPS) is 10.7. The molecule has 2 aromatic heterocycles. The van der Waals surface area contributed by atoms with Gasteiger partial charge in [-0.2, -0.15) is 5.10 Å². The van der Waals surface area contributed by atoms with Crippen LogP contribution in [0.2, 0.25) is 0 Å². The molecule has 0 fully saturated rings. The molecule has 3 aromatic rings. The zero-order chi connectivity index (χ0) is 16.6. The lowest BCUT2D eigenvalue weighted by molar-refractivity contribution is 0.0996. The minimum absolute atomic E-state index is 0.161. The summed E-state index contributed by atoms with van der Waals surface area (Å²) in [7, 11) is 3.17. The zero-order valence-electron chi connectivity index (χ0n) is 13.0. The maximum Gasteiger partial charge on any atom is 0.267 e. The standard InChI is InChI=1S/C16H16N4O3/c1-8-14-11(7-12(15(17)21)18-16(14)20-19-8)10-5-4-9(22-2)6-13(10)23-3/h4-7H,1-3H3,(H2,17,21)(H,18,19,20). The monoisotopic (exact) mass is 312 g/mol. The number of nitrogens with two attached hydrogens (primary N) is 1. The summed E-state index contributed by atoms with van der Waals surface area (Å²) in [4.78, 5) is 15.8. The number of aromatic nitrogens is 3. The second-order valence-corrected chi connectivity index (χ2v) is 5.02. The molecule has 118 valence electrons. The Morgan fingerprint density at radius 1 is 1.17 bits per heavy atom. The van der Waals surface area contributed by atoms with Crippen LogP contribution in [0.1, 0.15) is 16.2 Å². The molecule has 0 bridgehead atoms. The first-order valence-electron chi connectivity index (χ1n) is 6.93. The topological polar surface area (TPSA) is 103 Å². The summed E-state index contributed by atoms with van der Waals surface area (Å²) < 4.78 is 10.7. The van der Waals surface area contributed by atoms with Gasteiger partial charge in [0.15, 0.2) is 5.65 Å². The van der Waals surface area contributed by atoms with Crippen molar-refractivity contribution < 1.29 is 14.3 Å². The maximum absolute atomic E-state index is 11.6. The molecule has 0 saturated heterocycles. The van der Waals surface area contributed by atoms with Gasteiger partial charge in [0.1, 0.15) is 17.2 Å². The van der Waals surface area contributed by atoms with Crippen LogP contribution in [0.4, 0.5) is 0 Å². The van der Waals surface area contributed by atoms with E-state index in [2.05, 4.69) is 15.2 Å². The first kappa shape index (κ1) is 14.8. The molecule has 1 aromatic carbocycles.